The van der Waals surface area contributed by atoms with Gasteiger partial charge in [-0.15, -0.1) is 16.4 Å². The number of aromatic nitrogens is 4. The molecule has 0 atom stereocenters. The van der Waals surface area contributed by atoms with E-state index in [1.165, 1.54) is 15.9 Å². The molecule has 4 rings (SSSR count). The lowest BCUT2D eigenvalue weighted by atomic mass is 10.1. The van der Waals surface area contributed by atoms with Crippen LogP contribution < -0.4 is 5.32 Å². The molecule has 0 saturated heterocycles. The monoisotopic (exact) mass is 417 g/mol. The Kier molecular flexibility index (Phi) is 4.77. The third-order valence-electron chi connectivity index (χ3n) is 4.56. The van der Waals surface area contributed by atoms with Gasteiger partial charge in [-0.25, -0.2) is 13.4 Å². The summed E-state index contributed by atoms with van der Waals surface area (Å²) in [5.41, 5.74) is 2.87. The van der Waals surface area contributed by atoms with E-state index in [1.54, 1.807) is 25.3 Å². The summed E-state index contributed by atoms with van der Waals surface area (Å²) in [7, 11) is -2.24. The van der Waals surface area contributed by atoms with Crippen LogP contribution in [0.3, 0.4) is 0 Å². The molecule has 0 amide bonds. The average molecular weight is 418 g/mol. The van der Waals surface area contributed by atoms with Gasteiger partial charge in [0, 0.05) is 13.7 Å². The maximum Gasteiger partial charge on any atom is 0.229 e. The van der Waals surface area contributed by atoms with E-state index in [1.807, 2.05) is 25.3 Å². The number of thiophene rings is 1. The van der Waals surface area contributed by atoms with E-state index in [4.69, 9.17) is 4.74 Å². The summed E-state index contributed by atoms with van der Waals surface area (Å²) < 4.78 is 33.9. The molecule has 28 heavy (non-hydrogen) atoms. The molecule has 0 unspecified atom stereocenters. The lowest BCUT2D eigenvalue weighted by Crippen LogP contribution is -2.10. The fourth-order valence-corrected chi connectivity index (χ4v) is 5.04. The third kappa shape index (κ3) is 3.03. The summed E-state index contributed by atoms with van der Waals surface area (Å²) in [5, 5.41) is 13.0. The van der Waals surface area contributed by atoms with Crippen molar-refractivity contribution in [3.05, 3.63) is 40.8 Å². The Morgan fingerprint density at radius 2 is 2.04 bits per heavy atom. The Labute approximate surface area is 166 Å². The minimum absolute atomic E-state index is 0.154. The lowest BCUT2D eigenvalue weighted by molar-refractivity contribution is 0.210. The minimum Gasteiger partial charge on any atom is -0.383 e. The summed E-state index contributed by atoms with van der Waals surface area (Å²) >= 11 is 1.50. The molecule has 8 nitrogen and oxygen atoms in total. The largest absolute Gasteiger partial charge is 0.383 e. The summed E-state index contributed by atoms with van der Waals surface area (Å²) in [4.78, 5) is 4.72. The van der Waals surface area contributed by atoms with Crippen LogP contribution in [-0.4, -0.2) is 48.5 Å². The zero-order valence-corrected chi connectivity index (χ0v) is 17.3. The summed E-state index contributed by atoms with van der Waals surface area (Å²) in [6.07, 6.45) is 0. The maximum atomic E-state index is 13.2. The highest BCUT2D eigenvalue weighted by Gasteiger charge is 2.27. The first kappa shape index (κ1) is 18.8. The molecule has 1 N–H and O–H groups in total. The van der Waals surface area contributed by atoms with Gasteiger partial charge >= 0.3 is 0 Å². The smallest absolute Gasteiger partial charge is 0.229 e. The number of nitrogens with zero attached hydrogens (tertiary/aromatic N) is 4. The number of hydrogen-bond acceptors (Lipinski definition) is 8. The van der Waals surface area contributed by atoms with Crippen LogP contribution in [0.2, 0.25) is 0 Å². The molecule has 0 radical (unpaired) electrons. The van der Waals surface area contributed by atoms with E-state index >= 15 is 0 Å². The number of hydrogen-bond donors (Lipinski definition) is 1. The summed E-state index contributed by atoms with van der Waals surface area (Å²) in [5.74, 6) is 0.591. The zero-order valence-electron chi connectivity index (χ0n) is 15.6. The summed E-state index contributed by atoms with van der Waals surface area (Å²) in [6, 6.07) is 6.90. The van der Waals surface area contributed by atoms with Crippen LogP contribution in [0.4, 0.5) is 5.82 Å². The van der Waals surface area contributed by atoms with Gasteiger partial charge in [0.1, 0.15) is 5.82 Å². The Bertz CT molecular complexity index is 1280. The molecule has 3 heterocycles. The number of aryl methyl sites for hydroxylation is 2. The minimum atomic E-state index is -3.86. The number of anilines is 1. The molecule has 0 spiro atoms. The van der Waals surface area contributed by atoms with Crippen molar-refractivity contribution in [2.24, 2.45) is 0 Å². The van der Waals surface area contributed by atoms with Crippen molar-refractivity contribution < 1.29 is 13.2 Å². The number of benzene rings is 1. The first-order valence-electron chi connectivity index (χ1n) is 8.61. The molecular weight excluding hydrogens is 398 g/mol. The van der Waals surface area contributed by atoms with Crippen molar-refractivity contribution in [2.75, 3.05) is 25.6 Å². The Morgan fingerprint density at radius 3 is 2.79 bits per heavy atom. The number of methoxy groups -OCH3 is 1. The number of sulfone groups is 1. The fraction of sp³-hybridized carbons (Fsp3) is 0.278. The molecule has 146 valence electrons. The van der Waals surface area contributed by atoms with Crippen LogP contribution in [0.1, 0.15) is 11.1 Å². The van der Waals surface area contributed by atoms with Gasteiger partial charge in [0.2, 0.25) is 14.9 Å². The van der Waals surface area contributed by atoms with Crippen LogP contribution >= 0.6 is 11.3 Å². The van der Waals surface area contributed by atoms with E-state index in [2.05, 4.69) is 20.6 Å². The topological polar surface area (TPSA) is 98.5 Å². The highest BCUT2D eigenvalue weighted by atomic mass is 32.2. The first-order chi connectivity index (χ1) is 13.4. The quantitative estimate of drug-likeness (QED) is 0.482. The van der Waals surface area contributed by atoms with Gasteiger partial charge in [0.15, 0.2) is 5.65 Å². The summed E-state index contributed by atoms with van der Waals surface area (Å²) in [6.45, 7) is 4.87. The predicted octanol–water partition coefficient (Wildman–Crippen LogP) is 2.85. The molecule has 10 heteroatoms. The van der Waals surface area contributed by atoms with Crippen molar-refractivity contribution in [1.82, 2.24) is 19.8 Å². The van der Waals surface area contributed by atoms with Crippen LogP contribution in [-0.2, 0) is 14.6 Å². The molecule has 0 aliphatic rings. The van der Waals surface area contributed by atoms with Gasteiger partial charge in [-0.05, 0) is 48.6 Å². The highest BCUT2D eigenvalue weighted by molar-refractivity contribution is 7.91. The SMILES string of the molecule is COCCNc1nc2c(S(=O)(=O)c3ccc(C)c(C)c3)nnn2c2ccsc12. The van der Waals surface area contributed by atoms with Crippen molar-refractivity contribution in [3.8, 4) is 0 Å². The molecule has 0 bridgehead atoms. The molecule has 0 fully saturated rings. The highest BCUT2D eigenvalue weighted by Crippen LogP contribution is 2.31. The molecule has 4 aromatic rings. The van der Waals surface area contributed by atoms with E-state index in [0.717, 1.165) is 21.3 Å². The van der Waals surface area contributed by atoms with Gasteiger partial charge in [0.05, 0.1) is 21.7 Å². The second-order valence-electron chi connectivity index (χ2n) is 6.39. The predicted molar refractivity (Wildman–Crippen MR) is 108 cm³/mol. The second-order valence-corrected chi connectivity index (χ2v) is 9.18. The van der Waals surface area contributed by atoms with Gasteiger partial charge in [-0.1, -0.05) is 11.3 Å². The molecular formula is C18H19N5O3S2. The van der Waals surface area contributed by atoms with Crippen LogP contribution in [0.15, 0.2) is 39.6 Å². The van der Waals surface area contributed by atoms with Gasteiger partial charge in [-0.2, -0.15) is 4.52 Å². The number of ether oxygens (including phenoxy) is 1. The molecule has 0 saturated carbocycles. The van der Waals surface area contributed by atoms with E-state index in [-0.39, 0.29) is 15.6 Å². The third-order valence-corrected chi connectivity index (χ3v) is 7.12. The van der Waals surface area contributed by atoms with Crippen molar-refractivity contribution in [2.45, 2.75) is 23.8 Å². The van der Waals surface area contributed by atoms with Gasteiger partial charge in [-0.3, -0.25) is 0 Å². The van der Waals surface area contributed by atoms with Crippen LogP contribution in [0.5, 0.6) is 0 Å². The van der Waals surface area contributed by atoms with Crippen molar-refractivity contribution in [1.29, 1.82) is 0 Å². The van der Waals surface area contributed by atoms with Crippen molar-refractivity contribution >= 4 is 42.9 Å². The Hall–Kier alpha value is -2.56. The van der Waals surface area contributed by atoms with Crippen LogP contribution in [0, 0.1) is 13.8 Å². The molecule has 3 aromatic heterocycles. The average Bonchev–Trinajstić information content (AvgIpc) is 3.30. The molecule has 0 aliphatic carbocycles. The number of fused-ring (bicyclic) bond motifs is 3. The Morgan fingerprint density at radius 1 is 1.21 bits per heavy atom. The maximum absolute atomic E-state index is 13.2. The molecule has 1 aromatic carbocycles. The fourth-order valence-electron chi connectivity index (χ4n) is 2.88. The Balaban J connectivity index is 1.90. The number of rotatable bonds is 6. The van der Waals surface area contributed by atoms with Crippen LogP contribution in [0.25, 0.3) is 15.9 Å². The van der Waals surface area contributed by atoms with E-state index in [9.17, 15) is 8.42 Å². The van der Waals surface area contributed by atoms with E-state index in [0.29, 0.717) is 19.0 Å². The van der Waals surface area contributed by atoms with E-state index < -0.39 is 9.84 Å². The van der Waals surface area contributed by atoms with Gasteiger partial charge in [0.25, 0.3) is 0 Å². The lowest BCUT2D eigenvalue weighted by Gasteiger charge is -2.08. The normalized spacial score (nSPS) is 12.1. The second kappa shape index (κ2) is 7.12. The molecule has 0 aliphatic heterocycles. The number of nitrogens with one attached hydrogen (secondary N) is 1. The first-order valence-corrected chi connectivity index (χ1v) is 11.0. The van der Waals surface area contributed by atoms with Gasteiger partial charge < -0.3 is 10.1 Å². The van der Waals surface area contributed by atoms with Crippen molar-refractivity contribution in [3.63, 3.8) is 0 Å². The zero-order chi connectivity index (χ0) is 19.9. The standard InChI is InChI=1S/C18H19N5O3S2/c1-11-4-5-13(10-12(11)2)28(24,25)18-17-20-16(19-7-8-26-3)15-14(6-9-27-15)23(17)22-21-18/h4-6,9-10H,7-8H2,1-3H3,(H,19,20).